The fraction of sp³-hybridized carbons (Fsp3) is 0.500. The van der Waals surface area contributed by atoms with E-state index >= 15 is 0 Å². The van der Waals surface area contributed by atoms with Crippen LogP contribution >= 0.6 is 0 Å². The Bertz CT molecular complexity index is 647. The Morgan fingerprint density at radius 1 is 1.25 bits per heavy atom. The molecular weight excluding hydrogens is 314 g/mol. The van der Waals surface area contributed by atoms with Crippen molar-refractivity contribution in [3.05, 3.63) is 28.3 Å². The lowest BCUT2D eigenvalue weighted by molar-refractivity contribution is -0.384. The number of nitrogens with one attached hydrogen (secondary N) is 2. The number of benzene rings is 1. The van der Waals surface area contributed by atoms with E-state index in [-0.39, 0.29) is 23.2 Å². The smallest absolute Gasteiger partial charge is 0.313 e. The number of nitro groups is 1. The Balaban J connectivity index is 2.06. The third kappa shape index (κ3) is 4.21. The first kappa shape index (κ1) is 17.7. The molecule has 0 heterocycles. The molecular formula is C16H21N3O5. The highest BCUT2D eigenvalue weighted by atomic mass is 16.6. The van der Waals surface area contributed by atoms with Crippen molar-refractivity contribution in [2.24, 2.45) is 5.92 Å². The van der Waals surface area contributed by atoms with Crippen molar-refractivity contribution < 1.29 is 19.2 Å². The van der Waals surface area contributed by atoms with Crippen LogP contribution in [0.5, 0.6) is 5.75 Å². The molecule has 2 N–H and O–H groups in total. The summed E-state index contributed by atoms with van der Waals surface area (Å²) < 4.78 is 5.06. The van der Waals surface area contributed by atoms with E-state index in [0.29, 0.717) is 5.92 Å². The molecule has 1 aliphatic rings. The molecule has 24 heavy (non-hydrogen) atoms. The lowest BCUT2D eigenvalue weighted by Crippen LogP contribution is -2.45. The molecule has 0 spiro atoms. The highest BCUT2D eigenvalue weighted by molar-refractivity contribution is 6.39. The molecule has 0 radical (unpaired) electrons. The molecule has 1 aromatic carbocycles. The number of hydrogen-bond acceptors (Lipinski definition) is 5. The summed E-state index contributed by atoms with van der Waals surface area (Å²) in [5.74, 6) is -1.05. The summed E-state index contributed by atoms with van der Waals surface area (Å²) in [6.45, 7) is 2.05. The predicted octanol–water partition coefficient (Wildman–Crippen LogP) is 2.24. The largest absolute Gasteiger partial charge is 0.495 e. The Morgan fingerprint density at radius 3 is 2.58 bits per heavy atom. The molecule has 8 nitrogen and oxygen atoms in total. The molecule has 1 aliphatic carbocycles. The summed E-state index contributed by atoms with van der Waals surface area (Å²) >= 11 is 0. The molecule has 0 aliphatic heterocycles. The van der Waals surface area contributed by atoms with Crippen molar-refractivity contribution >= 4 is 23.2 Å². The van der Waals surface area contributed by atoms with Crippen LogP contribution in [0.2, 0.25) is 0 Å². The molecule has 1 fully saturated rings. The summed E-state index contributed by atoms with van der Waals surface area (Å²) in [6.07, 6.45) is 4.02. The fourth-order valence-corrected chi connectivity index (χ4v) is 2.85. The summed E-state index contributed by atoms with van der Waals surface area (Å²) in [5, 5.41) is 16.0. The van der Waals surface area contributed by atoms with Gasteiger partial charge in [-0.15, -0.1) is 0 Å². The Labute approximate surface area is 139 Å². The van der Waals surface area contributed by atoms with Crippen LogP contribution in [0.3, 0.4) is 0 Å². The van der Waals surface area contributed by atoms with Gasteiger partial charge < -0.3 is 15.4 Å². The van der Waals surface area contributed by atoms with E-state index < -0.39 is 16.7 Å². The van der Waals surface area contributed by atoms with E-state index in [9.17, 15) is 19.7 Å². The van der Waals surface area contributed by atoms with Gasteiger partial charge in [0.05, 0.1) is 17.7 Å². The van der Waals surface area contributed by atoms with Crippen LogP contribution < -0.4 is 15.4 Å². The number of nitro benzene ring substituents is 1. The molecule has 2 rings (SSSR count). The fourth-order valence-electron chi connectivity index (χ4n) is 2.85. The lowest BCUT2D eigenvalue weighted by Gasteiger charge is -2.29. The van der Waals surface area contributed by atoms with Gasteiger partial charge in [0, 0.05) is 18.2 Å². The van der Waals surface area contributed by atoms with Gasteiger partial charge in [0.15, 0.2) is 0 Å². The molecule has 8 heteroatoms. The number of carbonyl (C=O) groups is 2. The molecule has 2 atom stereocenters. The maximum absolute atomic E-state index is 12.1. The number of carbonyl (C=O) groups excluding carboxylic acids is 2. The monoisotopic (exact) mass is 335 g/mol. The van der Waals surface area contributed by atoms with E-state index in [2.05, 4.69) is 10.6 Å². The average molecular weight is 335 g/mol. The van der Waals surface area contributed by atoms with Crippen molar-refractivity contribution in [3.8, 4) is 5.75 Å². The Morgan fingerprint density at radius 2 is 1.96 bits per heavy atom. The maximum atomic E-state index is 12.1. The minimum absolute atomic E-state index is 0.0241. The summed E-state index contributed by atoms with van der Waals surface area (Å²) in [5.41, 5.74) is -0.115. The van der Waals surface area contributed by atoms with Gasteiger partial charge in [-0.1, -0.05) is 19.8 Å². The van der Waals surface area contributed by atoms with Gasteiger partial charge in [0.25, 0.3) is 5.69 Å². The van der Waals surface area contributed by atoms with E-state index in [0.717, 1.165) is 31.7 Å². The topological polar surface area (TPSA) is 111 Å². The third-order valence-electron chi connectivity index (χ3n) is 4.28. The first-order valence-electron chi connectivity index (χ1n) is 7.86. The van der Waals surface area contributed by atoms with Gasteiger partial charge in [0.1, 0.15) is 5.75 Å². The number of hydrogen-bond donors (Lipinski definition) is 2. The Hall–Kier alpha value is -2.64. The van der Waals surface area contributed by atoms with Crippen molar-refractivity contribution in [2.75, 3.05) is 12.4 Å². The minimum atomic E-state index is -0.869. The van der Waals surface area contributed by atoms with Gasteiger partial charge in [-0.25, -0.2) is 0 Å². The minimum Gasteiger partial charge on any atom is -0.495 e. The standard InChI is InChI=1S/C16H21N3O5/c1-10-5-3-4-6-12(10)17-15(20)16(21)18-13-9-11(19(22)23)7-8-14(13)24-2/h7-10,12H,3-6H2,1-2H3,(H,17,20)(H,18,21). The number of ether oxygens (including phenoxy) is 1. The second kappa shape index (κ2) is 7.76. The number of non-ortho nitro benzene ring substituents is 1. The first-order valence-corrected chi connectivity index (χ1v) is 7.86. The summed E-state index contributed by atoms with van der Waals surface area (Å²) in [6, 6.07) is 3.77. The number of nitrogens with zero attached hydrogens (tertiary/aromatic N) is 1. The quantitative estimate of drug-likeness (QED) is 0.498. The van der Waals surface area contributed by atoms with Gasteiger partial charge in [0.2, 0.25) is 0 Å². The van der Waals surface area contributed by atoms with Crippen molar-refractivity contribution in [2.45, 2.75) is 38.6 Å². The number of anilines is 1. The van der Waals surface area contributed by atoms with E-state index in [4.69, 9.17) is 4.74 Å². The molecule has 0 bridgehead atoms. The second-order valence-electron chi connectivity index (χ2n) is 5.94. The Kier molecular flexibility index (Phi) is 5.73. The van der Waals surface area contributed by atoms with Crippen LogP contribution in [-0.2, 0) is 9.59 Å². The molecule has 0 saturated heterocycles. The van der Waals surface area contributed by atoms with Crippen molar-refractivity contribution in [3.63, 3.8) is 0 Å². The predicted molar refractivity (Wildman–Crippen MR) is 87.8 cm³/mol. The molecule has 1 saturated carbocycles. The summed E-state index contributed by atoms with van der Waals surface area (Å²) in [7, 11) is 1.38. The second-order valence-corrected chi connectivity index (χ2v) is 5.94. The van der Waals surface area contributed by atoms with Gasteiger partial charge in [-0.2, -0.15) is 0 Å². The number of methoxy groups -OCH3 is 1. The lowest BCUT2D eigenvalue weighted by atomic mass is 9.86. The van der Waals surface area contributed by atoms with Crippen LogP contribution in [0.25, 0.3) is 0 Å². The van der Waals surface area contributed by atoms with Gasteiger partial charge in [-0.3, -0.25) is 19.7 Å². The average Bonchev–Trinajstić information content (AvgIpc) is 2.56. The van der Waals surface area contributed by atoms with Crippen molar-refractivity contribution in [1.82, 2.24) is 5.32 Å². The molecule has 1 aromatic rings. The zero-order chi connectivity index (χ0) is 17.7. The number of rotatable bonds is 4. The maximum Gasteiger partial charge on any atom is 0.313 e. The van der Waals surface area contributed by atoms with Crippen LogP contribution in [0.1, 0.15) is 32.6 Å². The normalized spacial score (nSPS) is 20.1. The van der Waals surface area contributed by atoms with Crippen LogP contribution in [0.15, 0.2) is 18.2 Å². The van der Waals surface area contributed by atoms with E-state index in [1.54, 1.807) is 0 Å². The zero-order valence-corrected chi connectivity index (χ0v) is 13.7. The number of amides is 2. The van der Waals surface area contributed by atoms with Gasteiger partial charge >= 0.3 is 11.8 Å². The van der Waals surface area contributed by atoms with E-state index in [1.807, 2.05) is 6.92 Å². The SMILES string of the molecule is COc1ccc([N+](=O)[O-])cc1NC(=O)C(=O)NC1CCCCC1C. The molecule has 2 unspecified atom stereocenters. The van der Waals surface area contributed by atoms with Crippen LogP contribution in [-0.4, -0.2) is 29.9 Å². The molecule has 0 aromatic heterocycles. The van der Waals surface area contributed by atoms with Crippen molar-refractivity contribution in [1.29, 1.82) is 0 Å². The van der Waals surface area contributed by atoms with Gasteiger partial charge in [-0.05, 0) is 24.8 Å². The third-order valence-corrected chi connectivity index (χ3v) is 4.28. The highest BCUT2D eigenvalue weighted by Crippen LogP contribution is 2.29. The summed E-state index contributed by atoms with van der Waals surface area (Å²) in [4.78, 5) is 34.4. The highest BCUT2D eigenvalue weighted by Gasteiger charge is 2.26. The first-order chi connectivity index (χ1) is 11.4. The zero-order valence-electron chi connectivity index (χ0n) is 13.7. The van der Waals surface area contributed by atoms with Crippen LogP contribution in [0.4, 0.5) is 11.4 Å². The molecule has 130 valence electrons. The van der Waals surface area contributed by atoms with Crippen LogP contribution in [0, 0.1) is 16.0 Å². The molecule has 2 amide bonds. The van der Waals surface area contributed by atoms with E-state index in [1.165, 1.54) is 19.2 Å².